The molecule has 0 saturated carbocycles. The Morgan fingerprint density at radius 2 is 1.85 bits per heavy atom. The fourth-order valence-electron chi connectivity index (χ4n) is 2.59. The van der Waals surface area contributed by atoms with E-state index in [1.54, 1.807) is 0 Å². The molecule has 3 N–H and O–H groups in total. The minimum atomic E-state index is -0.250. The highest BCUT2D eigenvalue weighted by Crippen LogP contribution is 2.16. The van der Waals surface area contributed by atoms with E-state index in [2.05, 4.69) is 15.3 Å². The molecule has 0 aliphatic rings. The van der Waals surface area contributed by atoms with Crippen LogP contribution in [0.1, 0.15) is 18.5 Å². The van der Waals surface area contributed by atoms with Gasteiger partial charge in [-0.1, -0.05) is 24.3 Å². The molecule has 1 aromatic heterocycles. The number of ether oxygens (including phenoxy) is 2. The number of aromatic amines is 2. The smallest absolute Gasteiger partial charge is 0.323 e. The van der Waals surface area contributed by atoms with Crippen molar-refractivity contribution in [2.24, 2.45) is 0 Å². The van der Waals surface area contributed by atoms with Gasteiger partial charge in [-0.3, -0.25) is 4.79 Å². The highest BCUT2D eigenvalue weighted by molar-refractivity contribution is 5.78. The Hall–Kier alpha value is -3.06. The molecule has 2 aromatic carbocycles. The Kier molecular flexibility index (Phi) is 5.70. The van der Waals surface area contributed by atoms with Crippen LogP contribution in [0.25, 0.3) is 11.0 Å². The molecule has 1 heterocycles. The average Bonchev–Trinajstić information content (AvgIpc) is 3.01. The first kappa shape index (κ1) is 17.8. The van der Waals surface area contributed by atoms with Gasteiger partial charge in [-0.25, -0.2) is 4.79 Å². The molecule has 1 unspecified atom stereocenters. The first-order valence-corrected chi connectivity index (χ1v) is 8.39. The molecule has 0 fully saturated rings. The minimum absolute atomic E-state index is 0.0360. The van der Waals surface area contributed by atoms with Crippen molar-refractivity contribution >= 4 is 16.9 Å². The monoisotopic (exact) mass is 355 g/mol. The van der Waals surface area contributed by atoms with Gasteiger partial charge in [0.15, 0.2) is 0 Å². The lowest BCUT2D eigenvalue weighted by Gasteiger charge is -2.14. The van der Waals surface area contributed by atoms with Gasteiger partial charge >= 0.3 is 5.69 Å². The van der Waals surface area contributed by atoms with Crippen LogP contribution in [0.3, 0.4) is 0 Å². The summed E-state index contributed by atoms with van der Waals surface area (Å²) in [4.78, 5) is 28.7. The number of amides is 1. The van der Waals surface area contributed by atoms with Gasteiger partial charge in [0.25, 0.3) is 0 Å². The van der Waals surface area contributed by atoms with Crippen molar-refractivity contribution in [2.75, 3.05) is 19.8 Å². The van der Waals surface area contributed by atoms with E-state index in [0.717, 1.165) is 16.8 Å². The molecular formula is C19H21N3O4. The fourth-order valence-corrected chi connectivity index (χ4v) is 2.59. The van der Waals surface area contributed by atoms with E-state index in [0.29, 0.717) is 18.7 Å². The molecule has 136 valence electrons. The zero-order valence-electron chi connectivity index (χ0n) is 14.5. The molecule has 3 aromatic rings. The van der Waals surface area contributed by atoms with Crippen LogP contribution in [0.4, 0.5) is 0 Å². The number of imidazole rings is 1. The van der Waals surface area contributed by atoms with Crippen LogP contribution in [0.15, 0.2) is 53.3 Å². The average molecular weight is 355 g/mol. The lowest BCUT2D eigenvalue weighted by atomic mass is 10.1. The number of nitrogens with one attached hydrogen (secondary N) is 3. The highest BCUT2D eigenvalue weighted by atomic mass is 16.5. The lowest BCUT2D eigenvalue weighted by Crippen LogP contribution is -2.30. The molecule has 0 saturated heterocycles. The van der Waals surface area contributed by atoms with Gasteiger partial charge in [0.05, 0.1) is 23.7 Å². The molecule has 7 heteroatoms. The van der Waals surface area contributed by atoms with E-state index >= 15 is 0 Å². The number of rotatable bonds is 8. The Bertz CT molecular complexity index is 917. The van der Waals surface area contributed by atoms with E-state index in [1.807, 2.05) is 55.5 Å². The van der Waals surface area contributed by atoms with E-state index in [1.165, 1.54) is 0 Å². The quantitative estimate of drug-likeness (QED) is 0.539. The van der Waals surface area contributed by atoms with Crippen LogP contribution < -0.4 is 15.7 Å². The van der Waals surface area contributed by atoms with Crippen molar-refractivity contribution in [2.45, 2.75) is 13.0 Å². The Morgan fingerprint density at radius 1 is 1.08 bits per heavy atom. The Labute approximate surface area is 150 Å². The van der Waals surface area contributed by atoms with Crippen LogP contribution in [0.2, 0.25) is 0 Å². The summed E-state index contributed by atoms with van der Waals surface area (Å²) in [6.45, 7) is 2.55. The molecule has 7 nitrogen and oxygen atoms in total. The highest BCUT2D eigenvalue weighted by Gasteiger charge is 2.11. The van der Waals surface area contributed by atoms with Crippen LogP contribution in [-0.2, 0) is 9.53 Å². The van der Waals surface area contributed by atoms with Gasteiger partial charge < -0.3 is 24.8 Å². The Morgan fingerprint density at radius 3 is 2.65 bits per heavy atom. The SMILES string of the molecule is CC(NC(=O)COCCOc1ccccc1)c1ccc2[nH]c(=O)[nH]c2c1. The Balaban J connectivity index is 1.41. The number of fused-ring (bicyclic) bond motifs is 1. The number of hydrogen-bond donors (Lipinski definition) is 3. The van der Waals surface area contributed by atoms with Gasteiger partial charge in [0.1, 0.15) is 19.0 Å². The number of benzene rings is 2. The lowest BCUT2D eigenvalue weighted by molar-refractivity contribution is -0.126. The zero-order valence-corrected chi connectivity index (χ0v) is 14.5. The summed E-state index contributed by atoms with van der Waals surface area (Å²) >= 11 is 0. The van der Waals surface area contributed by atoms with Crippen molar-refractivity contribution < 1.29 is 14.3 Å². The van der Waals surface area contributed by atoms with E-state index < -0.39 is 0 Å². The summed E-state index contributed by atoms with van der Waals surface area (Å²) in [5.74, 6) is 0.562. The molecule has 1 amide bonds. The topological polar surface area (TPSA) is 96.2 Å². The molecule has 0 aliphatic heterocycles. The van der Waals surface area contributed by atoms with Crippen molar-refractivity contribution in [1.29, 1.82) is 0 Å². The molecular weight excluding hydrogens is 334 g/mol. The normalized spacial score (nSPS) is 12.0. The summed E-state index contributed by atoms with van der Waals surface area (Å²) in [5.41, 5.74) is 2.09. The van der Waals surface area contributed by atoms with Gasteiger partial charge in [0.2, 0.25) is 5.91 Å². The second-order valence-electron chi connectivity index (χ2n) is 5.89. The van der Waals surface area contributed by atoms with Crippen molar-refractivity contribution in [3.8, 4) is 5.75 Å². The number of para-hydroxylation sites is 1. The predicted molar refractivity (Wildman–Crippen MR) is 98.2 cm³/mol. The largest absolute Gasteiger partial charge is 0.491 e. The summed E-state index contributed by atoms with van der Waals surface area (Å²) < 4.78 is 10.8. The van der Waals surface area contributed by atoms with Gasteiger partial charge in [-0.05, 0) is 36.8 Å². The van der Waals surface area contributed by atoms with Crippen LogP contribution >= 0.6 is 0 Å². The summed E-state index contributed by atoms with van der Waals surface area (Å²) in [5, 5.41) is 2.87. The van der Waals surface area contributed by atoms with Gasteiger partial charge in [0, 0.05) is 0 Å². The van der Waals surface area contributed by atoms with Crippen molar-refractivity contribution in [3.63, 3.8) is 0 Å². The maximum Gasteiger partial charge on any atom is 0.323 e. The number of aromatic nitrogens is 2. The predicted octanol–water partition coefficient (Wildman–Crippen LogP) is 2.13. The standard InChI is InChI=1S/C19H21N3O4/c1-13(14-7-8-16-17(11-14)22-19(24)21-16)20-18(23)12-25-9-10-26-15-5-3-2-4-6-15/h2-8,11,13H,9-10,12H2,1H3,(H,20,23)(H2,21,22,24). The molecule has 0 aliphatic carbocycles. The first-order valence-electron chi connectivity index (χ1n) is 8.39. The van der Waals surface area contributed by atoms with Crippen LogP contribution in [0, 0.1) is 0 Å². The first-order chi connectivity index (χ1) is 12.6. The molecule has 0 radical (unpaired) electrons. The third kappa shape index (κ3) is 4.73. The van der Waals surface area contributed by atoms with Gasteiger partial charge in [-0.15, -0.1) is 0 Å². The number of carbonyl (C=O) groups excluding carboxylic acids is 1. The zero-order chi connectivity index (χ0) is 18.4. The number of H-pyrrole nitrogens is 2. The number of carbonyl (C=O) groups is 1. The summed E-state index contributed by atoms with van der Waals surface area (Å²) in [7, 11) is 0. The minimum Gasteiger partial charge on any atom is -0.491 e. The number of hydrogen-bond acceptors (Lipinski definition) is 4. The van der Waals surface area contributed by atoms with Crippen molar-refractivity contribution in [1.82, 2.24) is 15.3 Å². The summed E-state index contributed by atoms with van der Waals surface area (Å²) in [6.07, 6.45) is 0. The second-order valence-corrected chi connectivity index (χ2v) is 5.89. The molecule has 1 atom stereocenters. The van der Waals surface area contributed by atoms with Gasteiger partial charge in [-0.2, -0.15) is 0 Å². The molecule has 0 bridgehead atoms. The maximum absolute atomic E-state index is 12.0. The van der Waals surface area contributed by atoms with E-state index in [-0.39, 0.29) is 24.2 Å². The van der Waals surface area contributed by atoms with Crippen LogP contribution in [0.5, 0.6) is 5.75 Å². The van der Waals surface area contributed by atoms with E-state index in [4.69, 9.17) is 9.47 Å². The maximum atomic E-state index is 12.0. The molecule has 0 spiro atoms. The third-order valence-electron chi connectivity index (χ3n) is 3.89. The molecule has 3 rings (SSSR count). The fraction of sp³-hybridized carbons (Fsp3) is 0.263. The van der Waals surface area contributed by atoms with Crippen LogP contribution in [-0.4, -0.2) is 35.7 Å². The molecule has 26 heavy (non-hydrogen) atoms. The van der Waals surface area contributed by atoms with E-state index in [9.17, 15) is 9.59 Å². The second kappa shape index (κ2) is 8.35. The van der Waals surface area contributed by atoms with Crippen molar-refractivity contribution in [3.05, 3.63) is 64.6 Å². The third-order valence-corrected chi connectivity index (χ3v) is 3.89. The summed E-state index contributed by atoms with van der Waals surface area (Å²) in [6, 6.07) is 14.7.